The van der Waals surface area contributed by atoms with E-state index in [1.165, 1.54) is 35.2 Å². The van der Waals surface area contributed by atoms with E-state index < -0.39 is 5.82 Å². The average Bonchev–Trinajstić information content (AvgIpc) is 3.05. The van der Waals surface area contributed by atoms with Gasteiger partial charge in [-0.05, 0) is 50.2 Å². The van der Waals surface area contributed by atoms with E-state index in [0.29, 0.717) is 12.1 Å². The summed E-state index contributed by atoms with van der Waals surface area (Å²) in [7, 11) is 3.92. The lowest BCUT2D eigenvalue weighted by Gasteiger charge is -2.40. The van der Waals surface area contributed by atoms with Crippen LogP contribution >= 0.6 is 35.1 Å². The fourth-order valence-corrected chi connectivity index (χ4v) is 4.82. The predicted octanol–water partition coefficient (Wildman–Crippen LogP) is 4.42. The van der Waals surface area contributed by atoms with E-state index in [1.807, 2.05) is 29.8 Å². The zero-order valence-corrected chi connectivity index (χ0v) is 15.6. The number of halogens is 2. The van der Waals surface area contributed by atoms with Crippen molar-refractivity contribution in [1.29, 1.82) is 0 Å². The molecule has 4 nitrogen and oxygen atoms in total. The molecule has 1 N–H and O–H groups in total. The van der Waals surface area contributed by atoms with Crippen LogP contribution in [0.5, 0.6) is 0 Å². The number of benzene rings is 1. The van der Waals surface area contributed by atoms with Gasteiger partial charge in [0.25, 0.3) is 0 Å². The van der Waals surface area contributed by atoms with Crippen LogP contribution in [0.25, 0.3) is 0 Å². The van der Waals surface area contributed by atoms with Crippen LogP contribution in [0.2, 0.25) is 5.02 Å². The minimum atomic E-state index is -0.501. The van der Waals surface area contributed by atoms with Crippen LogP contribution in [0.15, 0.2) is 35.7 Å². The van der Waals surface area contributed by atoms with Gasteiger partial charge in [0.15, 0.2) is 0 Å². The average molecular weight is 386 g/mol. The summed E-state index contributed by atoms with van der Waals surface area (Å²) in [6.45, 7) is 0. The van der Waals surface area contributed by atoms with Crippen LogP contribution in [0.1, 0.15) is 17.3 Å². The van der Waals surface area contributed by atoms with Crippen molar-refractivity contribution in [1.82, 2.24) is 8.61 Å². The number of anilines is 1. The van der Waals surface area contributed by atoms with Crippen molar-refractivity contribution in [3.8, 4) is 0 Å². The van der Waals surface area contributed by atoms with Crippen molar-refractivity contribution in [2.45, 2.75) is 18.5 Å². The molecule has 0 saturated carbocycles. The van der Waals surface area contributed by atoms with E-state index in [9.17, 15) is 9.18 Å². The molecule has 2 aromatic rings. The number of rotatable bonds is 3. The Hall–Kier alpha value is -1.12. The number of amides is 1. The predicted molar refractivity (Wildman–Crippen MR) is 98.6 cm³/mol. The summed E-state index contributed by atoms with van der Waals surface area (Å²) in [4.78, 5) is 13.9. The van der Waals surface area contributed by atoms with Crippen LogP contribution in [0.3, 0.4) is 0 Å². The SMILES string of the molecule is CN1SN(C)C(c2cccs2)CC1C(=O)Nc1ccc(F)c(Cl)c1. The Morgan fingerprint density at radius 1 is 1.33 bits per heavy atom. The van der Waals surface area contributed by atoms with E-state index in [0.717, 1.165) is 0 Å². The van der Waals surface area contributed by atoms with Crippen molar-refractivity contribution in [2.24, 2.45) is 0 Å². The van der Waals surface area contributed by atoms with Crippen LogP contribution in [-0.2, 0) is 4.79 Å². The molecule has 24 heavy (non-hydrogen) atoms. The third-order valence-corrected chi connectivity index (χ3v) is 6.23. The number of thiophene rings is 1. The highest BCUT2D eigenvalue weighted by molar-refractivity contribution is 7.94. The van der Waals surface area contributed by atoms with Gasteiger partial charge in [0.1, 0.15) is 11.9 Å². The largest absolute Gasteiger partial charge is 0.325 e. The summed E-state index contributed by atoms with van der Waals surface area (Å²) >= 11 is 8.99. The van der Waals surface area contributed by atoms with E-state index in [2.05, 4.69) is 15.7 Å². The summed E-state index contributed by atoms with van der Waals surface area (Å²) in [6, 6.07) is 8.19. The Balaban J connectivity index is 1.74. The molecular formula is C16H17ClFN3OS2. The maximum Gasteiger partial charge on any atom is 0.242 e. The second-order valence-corrected chi connectivity index (χ2v) is 8.28. The molecule has 1 saturated heterocycles. The van der Waals surface area contributed by atoms with Gasteiger partial charge in [0.05, 0.1) is 11.1 Å². The molecule has 3 rings (SSSR count). The third kappa shape index (κ3) is 3.75. The zero-order valence-electron chi connectivity index (χ0n) is 13.2. The first kappa shape index (κ1) is 17.7. The lowest BCUT2D eigenvalue weighted by Crippen LogP contribution is -2.46. The standard InChI is InChI=1S/C16H17ClFN3OS2/c1-20-13(15-4-3-7-23-15)9-14(21(2)24-20)16(22)19-10-5-6-12(18)11(17)8-10/h3-8,13-14H,9H2,1-2H3,(H,19,22). The van der Waals surface area contributed by atoms with Gasteiger partial charge < -0.3 is 5.32 Å². The van der Waals surface area contributed by atoms with E-state index in [-0.39, 0.29) is 23.0 Å². The first-order valence-corrected chi connectivity index (χ1v) is 9.37. The van der Waals surface area contributed by atoms with Gasteiger partial charge >= 0.3 is 0 Å². The number of carbonyl (C=O) groups is 1. The first-order chi connectivity index (χ1) is 11.5. The summed E-state index contributed by atoms with van der Waals surface area (Å²) in [5, 5.41) is 4.87. The first-order valence-electron chi connectivity index (χ1n) is 7.39. The van der Waals surface area contributed by atoms with Gasteiger partial charge in [-0.25, -0.2) is 13.0 Å². The minimum Gasteiger partial charge on any atom is -0.325 e. The quantitative estimate of drug-likeness (QED) is 0.793. The number of nitrogens with zero attached hydrogens (tertiary/aromatic N) is 2. The van der Waals surface area contributed by atoms with Gasteiger partial charge in [0.2, 0.25) is 5.91 Å². The molecule has 2 unspecified atom stereocenters. The third-order valence-electron chi connectivity index (χ3n) is 3.94. The second-order valence-electron chi connectivity index (χ2n) is 5.57. The molecule has 1 aliphatic rings. The molecule has 0 bridgehead atoms. The molecule has 1 aromatic carbocycles. The maximum absolute atomic E-state index is 13.2. The van der Waals surface area contributed by atoms with Gasteiger partial charge in [0, 0.05) is 22.7 Å². The monoisotopic (exact) mass is 385 g/mol. The van der Waals surface area contributed by atoms with Crippen molar-refractivity contribution >= 4 is 46.7 Å². The zero-order chi connectivity index (χ0) is 17.3. The lowest BCUT2D eigenvalue weighted by atomic mass is 10.0. The number of hydrogen-bond donors (Lipinski definition) is 1. The smallest absolute Gasteiger partial charge is 0.242 e. The molecule has 0 aliphatic carbocycles. The van der Waals surface area contributed by atoms with Crippen molar-refractivity contribution in [3.05, 3.63) is 51.4 Å². The molecule has 8 heteroatoms. The molecule has 128 valence electrons. The molecule has 1 amide bonds. The maximum atomic E-state index is 13.2. The summed E-state index contributed by atoms with van der Waals surface area (Å²) in [5.41, 5.74) is 0.497. The summed E-state index contributed by atoms with van der Waals surface area (Å²) in [6.07, 6.45) is 0.682. The molecule has 0 radical (unpaired) electrons. The number of hydrogen-bond acceptors (Lipinski definition) is 5. The number of nitrogens with one attached hydrogen (secondary N) is 1. The van der Waals surface area contributed by atoms with Crippen molar-refractivity contribution < 1.29 is 9.18 Å². The van der Waals surface area contributed by atoms with Crippen molar-refractivity contribution in [3.63, 3.8) is 0 Å². The van der Waals surface area contributed by atoms with Gasteiger partial charge in [-0.1, -0.05) is 17.7 Å². The molecule has 1 fully saturated rings. The highest BCUT2D eigenvalue weighted by Gasteiger charge is 2.36. The lowest BCUT2D eigenvalue weighted by molar-refractivity contribution is -0.120. The molecule has 0 spiro atoms. The Morgan fingerprint density at radius 2 is 2.12 bits per heavy atom. The van der Waals surface area contributed by atoms with Crippen LogP contribution in [0.4, 0.5) is 10.1 Å². The summed E-state index contributed by atoms with van der Waals surface area (Å²) in [5.74, 6) is -0.623. The molecule has 2 heterocycles. The molecule has 1 aliphatic heterocycles. The normalized spacial score (nSPS) is 22.5. The molecular weight excluding hydrogens is 369 g/mol. The fraction of sp³-hybridized carbons (Fsp3) is 0.312. The Bertz CT molecular complexity index is 728. The van der Waals surface area contributed by atoms with Crippen LogP contribution < -0.4 is 5.32 Å². The minimum absolute atomic E-state index is 0.00429. The van der Waals surface area contributed by atoms with Gasteiger partial charge in [-0.3, -0.25) is 4.79 Å². The van der Waals surface area contributed by atoms with E-state index in [1.54, 1.807) is 11.3 Å². The highest BCUT2D eigenvalue weighted by atomic mass is 35.5. The second kappa shape index (κ2) is 7.41. The number of carbonyl (C=O) groups excluding carboxylic acids is 1. The van der Waals surface area contributed by atoms with Crippen LogP contribution in [0, 0.1) is 5.82 Å². The van der Waals surface area contributed by atoms with Crippen LogP contribution in [-0.4, -0.2) is 34.7 Å². The topological polar surface area (TPSA) is 35.6 Å². The van der Waals surface area contributed by atoms with Crippen molar-refractivity contribution in [2.75, 3.05) is 19.4 Å². The van der Waals surface area contributed by atoms with E-state index in [4.69, 9.17) is 11.6 Å². The Labute approximate surface area is 153 Å². The fourth-order valence-electron chi connectivity index (χ4n) is 2.67. The highest BCUT2D eigenvalue weighted by Crippen LogP contribution is 2.40. The van der Waals surface area contributed by atoms with Gasteiger partial charge in [-0.2, -0.15) is 0 Å². The van der Waals surface area contributed by atoms with Gasteiger partial charge in [-0.15, -0.1) is 11.3 Å². The van der Waals surface area contributed by atoms with E-state index >= 15 is 0 Å². The molecule has 2 atom stereocenters. The Kier molecular flexibility index (Phi) is 5.46. The molecule has 1 aromatic heterocycles. The summed E-state index contributed by atoms with van der Waals surface area (Å²) < 4.78 is 17.3. The number of likely N-dealkylation sites (N-methyl/N-ethyl adjacent to an activating group) is 1. The Morgan fingerprint density at radius 3 is 2.79 bits per heavy atom.